The average Bonchev–Trinajstić information content (AvgIpc) is 2.91. The van der Waals surface area contributed by atoms with Crippen LogP contribution in [-0.4, -0.2) is 92.2 Å². The van der Waals surface area contributed by atoms with Gasteiger partial charge >= 0.3 is 5.97 Å². The number of likely N-dealkylation sites (N-methyl/N-ethyl adjacent to an activating group) is 1. The first-order valence-electron chi connectivity index (χ1n) is 13.0. The molecule has 0 bridgehead atoms. The summed E-state index contributed by atoms with van der Waals surface area (Å²) in [4.78, 5) is 31.4. The SMILES string of the molecule is COC(=O)[C@]1(C(=O)C(N)CC2=CCCN(C(=N)N)C2)CC(C)=CCN1S(=O)(=O)c1ccc2c(c1)CN(C)CC2. The second-order valence-electron chi connectivity index (χ2n) is 10.7. The summed E-state index contributed by atoms with van der Waals surface area (Å²) in [6, 6.07) is 3.81. The molecule has 3 heterocycles. The van der Waals surface area contributed by atoms with Gasteiger partial charge in [-0.05, 0) is 56.5 Å². The van der Waals surface area contributed by atoms with Crippen molar-refractivity contribution in [3.63, 3.8) is 0 Å². The van der Waals surface area contributed by atoms with Crippen LogP contribution in [0.2, 0.25) is 0 Å². The fraction of sp³-hybridized carbons (Fsp3) is 0.519. The summed E-state index contributed by atoms with van der Waals surface area (Å²) in [6.07, 6.45) is 5.04. The average molecular weight is 559 g/mol. The predicted molar refractivity (Wildman–Crippen MR) is 147 cm³/mol. The van der Waals surface area contributed by atoms with Crippen molar-refractivity contribution >= 4 is 27.7 Å². The van der Waals surface area contributed by atoms with Crippen molar-refractivity contribution in [3.8, 4) is 0 Å². The van der Waals surface area contributed by atoms with E-state index in [1.54, 1.807) is 30.0 Å². The Morgan fingerprint density at radius 2 is 1.92 bits per heavy atom. The molecule has 0 saturated heterocycles. The molecule has 2 atom stereocenters. The molecule has 1 aromatic rings. The van der Waals surface area contributed by atoms with E-state index in [0.717, 1.165) is 41.1 Å². The van der Waals surface area contributed by atoms with Crippen molar-refractivity contribution in [1.29, 1.82) is 5.41 Å². The zero-order valence-electron chi connectivity index (χ0n) is 22.8. The number of methoxy groups -OCH3 is 1. The highest BCUT2D eigenvalue weighted by Crippen LogP contribution is 2.37. The highest BCUT2D eigenvalue weighted by molar-refractivity contribution is 7.89. The van der Waals surface area contributed by atoms with Crippen LogP contribution in [0, 0.1) is 5.41 Å². The van der Waals surface area contributed by atoms with Crippen LogP contribution < -0.4 is 11.5 Å². The summed E-state index contributed by atoms with van der Waals surface area (Å²) in [5.74, 6) is -1.75. The number of hydrogen-bond donors (Lipinski definition) is 3. The lowest BCUT2D eigenvalue weighted by atomic mass is 9.80. The molecule has 0 amide bonds. The Bertz CT molecular complexity index is 1340. The van der Waals surface area contributed by atoms with Crippen molar-refractivity contribution in [1.82, 2.24) is 14.1 Å². The van der Waals surface area contributed by atoms with Gasteiger partial charge in [-0.1, -0.05) is 29.4 Å². The Labute approximate surface area is 230 Å². The number of Topliss-reactive ketones (excluding diaryl/α,β-unsaturated/α-hetero) is 1. The third-order valence-corrected chi connectivity index (χ3v) is 9.74. The van der Waals surface area contributed by atoms with Crippen LogP contribution >= 0.6 is 0 Å². The summed E-state index contributed by atoms with van der Waals surface area (Å²) >= 11 is 0. The fourth-order valence-electron chi connectivity index (χ4n) is 5.73. The number of rotatable bonds is 7. The fourth-order valence-corrected chi connectivity index (χ4v) is 7.42. The van der Waals surface area contributed by atoms with Crippen LogP contribution in [0.3, 0.4) is 0 Å². The molecular formula is C27H38N6O5S. The molecule has 5 N–H and O–H groups in total. The number of nitrogens with one attached hydrogen (secondary N) is 1. The van der Waals surface area contributed by atoms with Crippen LogP contribution in [-0.2, 0) is 37.3 Å². The maximum Gasteiger partial charge on any atom is 0.335 e. The van der Waals surface area contributed by atoms with Gasteiger partial charge in [-0.2, -0.15) is 4.31 Å². The van der Waals surface area contributed by atoms with E-state index >= 15 is 0 Å². The minimum Gasteiger partial charge on any atom is -0.467 e. The first-order valence-corrected chi connectivity index (χ1v) is 14.5. The first kappa shape index (κ1) is 28.9. The van der Waals surface area contributed by atoms with Crippen molar-refractivity contribution < 1.29 is 22.7 Å². The maximum atomic E-state index is 14.2. The van der Waals surface area contributed by atoms with Crippen LogP contribution in [0.5, 0.6) is 0 Å². The molecule has 212 valence electrons. The van der Waals surface area contributed by atoms with Crippen LogP contribution in [0.15, 0.2) is 46.4 Å². The van der Waals surface area contributed by atoms with Gasteiger partial charge in [0.25, 0.3) is 0 Å². The highest BCUT2D eigenvalue weighted by Gasteiger charge is 2.58. The molecule has 0 saturated carbocycles. The molecule has 1 unspecified atom stereocenters. The molecule has 11 nitrogen and oxygen atoms in total. The second kappa shape index (κ2) is 11.2. The molecular weight excluding hydrogens is 520 g/mol. The van der Waals surface area contributed by atoms with Gasteiger partial charge in [-0.3, -0.25) is 10.2 Å². The predicted octanol–water partition coefficient (Wildman–Crippen LogP) is 0.739. The van der Waals surface area contributed by atoms with E-state index < -0.39 is 33.4 Å². The Balaban J connectivity index is 1.72. The molecule has 3 aliphatic heterocycles. The maximum absolute atomic E-state index is 14.2. The van der Waals surface area contributed by atoms with Crippen LogP contribution in [0.1, 0.15) is 37.3 Å². The largest absolute Gasteiger partial charge is 0.467 e. The van der Waals surface area contributed by atoms with E-state index in [4.69, 9.17) is 21.6 Å². The quantitative estimate of drug-likeness (QED) is 0.144. The molecule has 12 heteroatoms. The number of esters is 1. The summed E-state index contributed by atoms with van der Waals surface area (Å²) in [7, 11) is -1.19. The number of nitrogens with zero attached hydrogens (tertiary/aromatic N) is 3. The van der Waals surface area contributed by atoms with Gasteiger partial charge in [-0.15, -0.1) is 0 Å². The lowest BCUT2D eigenvalue weighted by Gasteiger charge is -2.43. The van der Waals surface area contributed by atoms with Gasteiger partial charge in [0.2, 0.25) is 10.0 Å². The third-order valence-electron chi connectivity index (χ3n) is 7.85. The van der Waals surface area contributed by atoms with Gasteiger partial charge in [0.15, 0.2) is 17.3 Å². The Morgan fingerprint density at radius 3 is 2.62 bits per heavy atom. The lowest BCUT2D eigenvalue weighted by Crippen LogP contribution is -2.67. The van der Waals surface area contributed by atoms with E-state index in [0.29, 0.717) is 31.6 Å². The van der Waals surface area contributed by atoms with E-state index in [2.05, 4.69) is 4.90 Å². The Morgan fingerprint density at radius 1 is 1.18 bits per heavy atom. The summed E-state index contributed by atoms with van der Waals surface area (Å²) in [6.45, 7) is 4.00. The number of fused-ring (bicyclic) bond motifs is 1. The summed E-state index contributed by atoms with van der Waals surface area (Å²) in [5, 5.41) is 7.72. The van der Waals surface area contributed by atoms with Crippen LogP contribution in [0.4, 0.5) is 0 Å². The van der Waals surface area contributed by atoms with Gasteiger partial charge in [0, 0.05) is 39.1 Å². The van der Waals surface area contributed by atoms with E-state index in [-0.39, 0.29) is 30.2 Å². The number of hydrogen-bond acceptors (Lipinski definition) is 8. The molecule has 0 aliphatic carbocycles. The number of sulfonamides is 1. The second-order valence-corrected chi connectivity index (χ2v) is 12.5. The minimum atomic E-state index is -4.31. The monoisotopic (exact) mass is 558 g/mol. The Kier molecular flexibility index (Phi) is 8.31. The smallest absolute Gasteiger partial charge is 0.335 e. The third kappa shape index (κ3) is 5.51. The van der Waals surface area contributed by atoms with Gasteiger partial charge in [0.05, 0.1) is 18.0 Å². The lowest BCUT2D eigenvalue weighted by molar-refractivity contribution is -0.158. The number of carbonyl (C=O) groups excluding carboxylic acids is 2. The van der Waals surface area contributed by atoms with Crippen molar-refractivity contribution in [2.24, 2.45) is 11.5 Å². The van der Waals surface area contributed by atoms with Crippen molar-refractivity contribution in [3.05, 3.63) is 52.6 Å². The standard InChI is InChI=1S/C27H38N6O5S/c1-18-8-12-33(39(36,37)22-7-6-20-9-11-31(2)17-21(20)14-22)27(15-18,25(35)38-3)24(34)23(28)13-19-5-4-10-32(16-19)26(29)30/h5-8,14,23H,4,9-13,15-17,28H2,1-3H3,(H3,29,30)/t23?,27-/m1/s1. The minimum absolute atomic E-state index is 0.0197. The molecule has 0 spiro atoms. The molecule has 3 aliphatic rings. The zero-order chi connectivity index (χ0) is 28.5. The van der Waals surface area contributed by atoms with Crippen molar-refractivity contribution in [2.75, 3.05) is 40.3 Å². The van der Waals surface area contributed by atoms with Gasteiger partial charge in [0.1, 0.15) is 0 Å². The number of guanidine groups is 1. The normalized spacial score (nSPS) is 23.3. The van der Waals surface area contributed by atoms with Gasteiger partial charge in [-0.25, -0.2) is 13.2 Å². The molecule has 1 aromatic carbocycles. The molecule has 0 fully saturated rings. The molecule has 0 radical (unpaired) electrons. The first-order chi connectivity index (χ1) is 18.4. The summed E-state index contributed by atoms with van der Waals surface area (Å²) in [5.41, 5.74) is 13.4. The molecule has 0 aromatic heterocycles. The topological polar surface area (TPSA) is 163 Å². The zero-order valence-corrected chi connectivity index (χ0v) is 23.6. The number of nitrogens with two attached hydrogens (primary N) is 2. The number of ketones is 1. The van der Waals surface area contributed by atoms with E-state index in [9.17, 15) is 18.0 Å². The number of carbonyl (C=O) groups is 2. The van der Waals surface area contributed by atoms with E-state index in [1.165, 1.54) is 0 Å². The van der Waals surface area contributed by atoms with Crippen LogP contribution in [0.25, 0.3) is 0 Å². The van der Waals surface area contributed by atoms with Gasteiger partial charge < -0.3 is 26.0 Å². The number of benzene rings is 1. The molecule has 4 rings (SSSR count). The summed E-state index contributed by atoms with van der Waals surface area (Å²) < 4.78 is 34.4. The number of ether oxygens (including phenoxy) is 1. The Hall–Kier alpha value is -3.06. The molecule has 39 heavy (non-hydrogen) atoms. The van der Waals surface area contributed by atoms with Crippen molar-refractivity contribution in [2.45, 2.75) is 55.6 Å². The van der Waals surface area contributed by atoms with E-state index in [1.807, 2.05) is 19.2 Å². The highest BCUT2D eigenvalue weighted by atomic mass is 32.2.